The highest BCUT2D eigenvalue weighted by Crippen LogP contribution is 2.18. The minimum Gasteiger partial charge on any atom is -0.481 e. The number of amides is 1. The molecular weight excluding hydrogens is 286 g/mol. The highest BCUT2D eigenvalue weighted by molar-refractivity contribution is 5.81. The standard InChI is InChI=1S/C20H25NO2/c1-13-7-6-8-19(11-13)23-17(5)20(22)21-16(4)18-10-9-14(2)15(3)12-18/h6-12,16-17H,1-5H3,(H,21,22)/t16-,17-/m1/s1. The third-order valence-corrected chi connectivity index (χ3v) is 4.06. The first-order valence-electron chi connectivity index (χ1n) is 7.97. The molecule has 2 atom stereocenters. The quantitative estimate of drug-likeness (QED) is 0.896. The van der Waals surface area contributed by atoms with E-state index in [4.69, 9.17) is 4.74 Å². The van der Waals surface area contributed by atoms with Crippen molar-refractivity contribution < 1.29 is 9.53 Å². The van der Waals surface area contributed by atoms with E-state index < -0.39 is 6.10 Å². The van der Waals surface area contributed by atoms with Gasteiger partial charge in [-0.2, -0.15) is 0 Å². The Hall–Kier alpha value is -2.29. The molecule has 0 spiro atoms. The molecule has 3 nitrogen and oxygen atoms in total. The smallest absolute Gasteiger partial charge is 0.261 e. The largest absolute Gasteiger partial charge is 0.481 e. The second-order valence-electron chi connectivity index (χ2n) is 6.15. The minimum atomic E-state index is -0.536. The SMILES string of the molecule is Cc1cccc(O[C@H](C)C(=O)N[C@H](C)c2ccc(C)c(C)c2)c1. The number of rotatable bonds is 5. The average molecular weight is 311 g/mol. The summed E-state index contributed by atoms with van der Waals surface area (Å²) in [4.78, 5) is 12.3. The fraction of sp³-hybridized carbons (Fsp3) is 0.350. The van der Waals surface area contributed by atoms with Crippen LogP contribution in [0.5, 0.6) is 5.75 Å². The number of hydrogen-bond donors (Lipinski definition) is 1. The van der Waals surface area contributed by atoms with Crippen molar-refractivity contribution >= 4 is 5.91 Å². The van der Waals surface area contributed by atoms with Crippen LogP contribution in [0.2, 0.25) is 0 Å². The Labute approximate surface area is 138 Å². The number of benzene rings is 2. The Bertz CT molecular complexity index is 694. The molecule has 0 fully saturated rings. The van der Waals surface area contributed by atoms with Crippen LogP contribution < -0.4 is 10.1 Å². The van der Waals surface area contributed by atoms with E-state index in [2.05, 4.69) is 37.4 Å². The number of carbonyl (C=O) groups is 1. The summed E-state index contributed by atoms with van der Waals surface area (Å²) in [5.74, 6) is 0.601. The highest BCUT2D eigenvalue weighted by Gasteiger charge is 2.18. The van der Waals surface area contributed by atoms with E-state index in [-0.39, 0.29) is 11.9 Å². The van der Waals surface area contributed by atoms with E-state index >= 15 is 0 Å². The van der Waals surface area contributed by atoms with Crippen molar-refractivity contribution in [3.05, 3.63) is 64.7 Å². The summed E-state index contributed by atoms with van der Waals surface area (Å²) in [6, 6.07) is 13.9. The van der Waals surface area contributed by atoms with Crippen LogP contribution >= 0.6 is 0 Å². The Morgan fingerprint density at radius 3 is 2.39 bits per heavy atom. The van der Waals surface area contributed by atoms with Crippen molar-refractivity contribution in [1.29, 1.82) is 0 Å². The predicted molar refractivity (Wildman–Crippen MR) is 93.7 cm³/mol. The van der Waals surface area contributed by atoms with Gasteiger partial charge in [0.1, 0.15) is 5.75 Å². The van der Waals surface area contributed by atoms with Crippen LogP contribution in [0.4, 0.5) is 0 Å². The van der Waals surface area contributed by atoms with Gasteiger partial charge in [0.25, 0.3) is 5.91 Å². The summed E-state index contributed by atoms with van der Waals surface area (Å²) in [7, 11) is 0. The molecule has 1 amide bonds. The molecule has 0 saturated heterocycles. The predicted octanol–water partition coefficient (Wildman–Crippen LogP) is 4.26. The first-order chi connectivity index (χ1) is 10.9. The van der Waals surface area contributed by atoms with Gasteiger partial charge < -0.3 is 10.1 Å². The maximum Gasteiger partial charge on any atom is 0.261 e. The van der Waals surface area contributed by atoms with Crippen molar-refractivity contribution in [2.45, 2.75) is 46.8 Å². The summed E-state index contributed by atoms with van der Waals surface area (Å²) >= 11 is 0. The van der Waals surface area contributed by atoms with Crippen LogP contribution in [0.1, 0.15) is 42.1 Å². The maximum atomic E-state index is 12.3. The summed E-state index contributed by atoms with van der Waals surface area (Å²) in [5.41, 5.74) is 4.69. The molecule has 3 heteroatoms. The molecule has 122 valence electrons. The average Bonchev–Trinajstić information content (AvgIpc) is 2.49. The van der Waals surface area contributed by atoms with Gasteiger partial charge in [-0.15, -0.1) is 0 Å². The van der Waals surface area contributed by atoms with E-state index in [0.717, 1.165) is 11.1 Å². The topological polar surface area (TPSA) is 38.3 Å². The lowest BCUT2D eigenvalue weighted by atomic mass is 10.0. The molecule has 23 heavy (non-hydrogen) atoms. The van der Waals surface area contributed by atoms with Crippen molar-refractivity contribution in [2.24, 2.45) is 0 Å². The zero-order valence-corrected chi connectivity index (χ0v) is 14.5. The lowest BCUT2D eigenvalue weighted by molar-refractivity contribution is -0.127. The molecule has 2 rings (SSSR count). The van der Waals surface area contributed by atoms with Crippen molar-refractivity contribution in [3.63, 3.8) is 0 Å². The van der Waals surface area contributed by atoms with Gasteiger partial charge in [0.15, 0.2) is 6.10 Å². The number of nitrogens with one attached hydrogen (secondary N) is 1. The summed E-state index contributed by atoms with van der Waals surface area (Å²) in [5, 5.41) is 3.01. The fourth-order valence-electron chi connectivity index (χ4n) is 2.39. The third-order valence-electron chi connectivity index (χ3n) is 4.06. The van der Waals surface area contributed by atoms with E-state index in [1.54, 1.807) is 6.92 Å². The summed E-state index contributed by atoms with van der Waals surface area (Å²) < 4.78 is 5.72. The Morgan fingerprint density at radius 1 is 1.00 bits per heavy atom. The van der Waals surface area contributed by atoms with Crippen LogP contribution in [0.15, 0.2) is 42.5 Å². The molecule has 1 N–H and O–H groups in total. The van der Waals surface area contributed by atoms with Crippen LogP contribution in [0.3, 0.4) is 0 Å². The maximum absolute atomic E-state index is 12.3. The van der Waals surface area contributed by atoms with E-state index in [9.17, 15) is 4.79 Å². The first-order valence-corrected chi connectivity index (χ1v) is 7.97. The molecular formula is C20H25NO2. The van der Waals surface area contributed by atoms with Crippen LogP contribution in [0.25, 0.3) is 0 Å². The molecule has 0 heterocycles. The van der Waals surface area contributed by atoms with Crippen molar-refractivity contribution in [3.8, 4) is 5.75 Å². The number of aryl methyl sites for hydroxylation is 3. The Morgan fingerprint density at radius 2 is 1.74 bits per heavy atom. The zero-order chi connectivity index (χ0) is 17.0. The lowest BCUT2D eigenvalue weighted by Crippen LogP contribution is -2.37. The van der Waals surface area contributed by atoms with Crippen LogP contribution in [0, 0.1) is 20.8 Å². The van der Waals surface area contributed by atoms with Gasteiger partial charge in [0.05, 0.1) is 6.04 Å². The number of carbonyl (C=O) groups excluding carboxylic acids is 1. The molecule has 2 aromatic carbocycles. The summed E-state index contributed by atoms with van der Waals surface area (Å²) in [6.45, 7) is 9.92. The van der Waals surface area contributed by atoms with Gasteiger partial charge in [-0.1, -0.05) is 30.3 Å². The molecule has 0 saturated carbocycles. The molecule has 0 aliphatic heterocycles. The fourth-order valence-corrected chi connectivity index (χ4v) is 2.39. The van der Waals surface area contributed by atoms with Gasteiger partial charge >= 0.3 is 0 Å². The molecule has 0 bridgehead atoms. The van der Waals surface area contributed by atoms with Gasteiger partial charge in [0, 0.05) is 0 Å². The van der Waals surface area contributed by atoms with Gasteiger partial charge in [-0.05, 0) is 69.0 Å². The normalized spacial score (nSPS) is 13.3. The molecule has 0 unspecified atom stereocenters. The monoisotopic (exact) mass is 311 g/mol. The van der Waals surface area contributed by atoms with E-state index in [0.29, 0.717) is 5.75 Å². The third kappa shape index (κ3) is 4.59. The van der Waals surface area contributed by atoms with Crippen molar-refractivity contribution in [2.75, 3.05) is 0 Å². The highest BCUT2D eigenvalue weighted by atomic mass is 16.5. The molecule has 0 aromatic heterocycles. The second kappa shape index (κ2) is 7.32. The molecule has 0 radical (unpaired) electrons. The minimum absolute atomic E-state index is 0.0506. The molecule has 0 aliphatic carbocycles. The van der Waals surface area contributed by atoms with E-state index in [1.165, 1.54) is 11.1 Å². The molecule has 2 aromatic rings. The first kappa shape index (κ1) is 17.1. The van der Waals surface area contributed by atoms with Crippen LogP contribution in [-0.4, -0.2) is 12.0 Å². The van der Waals surface area contributed by atoms with Crippen LogP contribution in [-0.2, 0) is 4.79 Å². The second-order valence-corrected chi connectivity index (χ2v) is 6.15. The lowest BCUT2D eigenvalue weighted by Gasteiger charge is -2.20. The number of ether oxygens (including phenoxy) is 1. The number of hydrogen-bond acceptors (Lipinski definition) is 2. The molecule has 0 aliphatic rings. The zero-order valence-electron chi connectivity index (χ0n) is 14.5. The van der Waals surface area contributed by atoms with Crippen molar-refractivity contribution in [1.82, 2.24) is 5.32 Å². The van der Waals surface area contributed by atoms with Gasteiger partial charge in [-0.25, -0.2) is 0 Å². The Balaban J connectivity index is 1.98. The summed E-state index contributed by atoms with van der Waals surface area (Å²) in [6.07, 6.45) is -0.536. The Kier molecular flexibility index (Phi) is 5.43. The van der Waals surface area contributed by atoms with Gasteiger partial charge in [0.2, 0.25) is 0 Å². The van der Waals surface area contributed by atoms with E-state index in [1.807, 2.05) is 38.1 Å². The van der Waals surface area contributed by atoms with Gasteiger partial charge in [-0.3, -0.25) is 4.79 Å².